The van der Waals surface area contributed by atoms with Crippen LogP contribution < -0.4 is 15.4 Å². The van der Waals surface area contributed by atoms with E-state index in [0.29, 0.717) is 34.9 Å². The first-order valence-corrected chi connectivity index (χ1v) is 13.9. The number of anilines is 3. The SMILES string of the molecule is CC(=O)O[C@@H]1[C@@H](OC(C)=O)[C@H](Oc2ccc(Nc3nc(NC4CCCCC4)c4[nH]cnc4n3)cc2)OC[C@H]1OC(C)=O. The van der Waals surface area contributed by atoms with Gasteiger partial charge in [0.15, 0.2) is 23.7 Å². The van der Waals surface area contributed by atoms with E-state index in [1.165, 1.54) is 40.0 Å². The van der Waals surface area contributed by atoms with Gasteiger partial charge in [-0.05, 0) is 37.1 Å². The summed E-state index contributed by atoms with van der Waals surface area (Å²) in [6, 6.07) is 7.24. The van der Waals surface area contributed by atoms with Gasteiger partial charge in [0.1, 0.15) is 11.3 Å². The predicted octanol–water partition coefficient (Wildman–Crippen LogP) is 3.37. The second-order valence-corrected chi connectivity index (χ2v) is 10.2. The standard InChI is InChI=1S/C28H34N6O8/c1-15(35)39-21-13-38-27(24(41-17(3)37)23(21)40-16(2)36)42-20-11-9-19(10-12-20)32-28-33-25-22(29-14-30-25)26(34-28)31-18-7-5-4-6-8-18/h9-12,14,18,21,23-24,27H,4-8,13H2,1-3H3,(H3,29,30,31,32,33,34)/t21-,23+,24-,27+/m1/s1. The van der Waals surface area contributed by atoms with E-state index in [4.69, 9.17) is 28.7 Å². The number of rotatable bonds is 9. The molecule has 14 nitrogen and oxygen atoms in total. The summed E-state index contributed by atoms with van der Waals surface area (Å²) in [7, 11) is 0. The maximum atomic E-state index is 11.9. The van der Waals surface area contributed by atoms with Crippen LogP contribution in [0.15, 0.2) is 30.6 Å². The van der Waals surface area contributed by atoms with Gasteiger partial charge in [0, 0.05) is 32.5 Å². The predicted molar refractivity (Wildman–Crippen MR) is 149 cm³/mol. The number of fused-ring (bicyclic) bond motifs is 1. The molecule has 2 fully saturated rings. The van der Waals surface area contributed by atoms with E-state index in [0.717, 1.165) is 18.4 Å². The minimum absolute atomic E-state index is 0.135. The molecular formula is C28H34N6O8. The van der Waals surface area contributed by atoms with Crippen molar-refractivity contribution >= 4 is 46.5 Å². The van der Waals surface area contributed by atoms with Gasteiger partial charge >= 0.3 is 17.9 Å². The number of nitrogens with one attached hydrogen (secondary N) is 3. The van der Waals surface area contributed by atoms with Crippen LogP contribution in [-0.4, -0.2) is 75.1 Å². The molecule has 3 aromatic rings. The van der Waals surface area contributed by atoms with Gasteiger partial charge in [0.25, 0.3) is 0 Å². The second-order valence-electron chi connectivity index (χ2n) is 10.2. The summed E-state index contributed by atoms with van der Waals surface area (Å²) in [4.78, 5) is 51.9. The Morgan fingerprint density at radius 2 is 1.60 bits per heavy atom. The number of benzene rings is 1. The molecule has 42 heavy (non-hydrogen) atoms. The van der Waals surface area contributed by atoms with Crippen molar-refractivity contribution < 1.29 is 38.1 Å². The van der Waals surface area contributed by atoms with Crippen molar-refractivity contribution in [3.05, 3.63) is 30.6 Å². The van der Waals surface area contributed by atoms with Crippen LogP contribution in [0.1, 0.15) is 52.9 Å². The van der Waals surface area contributed by atoms with Crippen molar-refractivity contribution in [3.63, 3.8) is 0 Å². The van der Waals surface area contributed by atoms with Crippen molar-refractivity contribution in [1.29, 1.82) is 0 Å². The molecule has 5 rings (SSSR count). The lowest BCUT2D eigenvalue weighted by atomic mass is 9.95. The number of carbonyl (C=O) groups is 3. The fourth-order valence-electron chi connectivity index (χ4n) is 5.12. The number of nitrogens with zero attached hydrogens (tertiary/aromatic N) is 3. The molecule has 2 aliphatic rings. The molecule has 1 aliphatic carbocycles. The number of carbonyl (C=O) groups excluding carboxylic acids is 3. The van der Waals surface area contributed by atoms with E-state index in [9.17, 15) is 14.4 Å². The molecule has 3 N–H and O–H groups in total. The lowest BCUT2D eigenvalue weighted by Crippen LogP contribution is -2.59. The van der Waals surface area contributed by atoms with Gasteiger partial charge < -0.3 is 39.3 Å². The zero-order valence-corrected chi connectivity index (χ0v) is 23.6. The Kier molecular flexibility index (Phi) is 9.00. The number of hydrogen-bond donors (Lipinski definition) is 3. The van der Waals surface area contributed by atoms with Gasteiger partial charge in [-0.2, -0.15) is 9.97 Å². The third kappa shape index (κ3) is 7.24. The Morgan fingerprint density at radius 1 is 0.905 bits per heavy atom. The maximum absolute atomic E-state index is 11.9. The van der Waals surface area contributed by atoms with E-state index in [1.54, 1.807) is 30.6 Å². The fourth-order valence-corrected chi connectivity index (χ4v) is 5.12. The number of H-pyrrole nitrogens is 1. The van der Waals surface area contributed by atoms with Crippen molar-refractivity contribution in [2.75, 3.05) is 17.2 Å². The molecular weight excluding hydrogens is 548 g/mol. The van der Waals surface area contributed by atoms with E-state index in [2.05, 4.69) is 25.6 Å². The third-order valence-corrected chi connectivity index (χ3v) is 6.90. The normalized spacial score (nSPS) is 22.6. The fraction of sp³-hybridized carbons (Fsp3) is 0.500. The highest BCUT2D eigenvalue weighted by Crippen LogP contribution is 2.29. The molecule has 14 heteroatoms. The number of hydrogen-bond acceptors (Lipinski definition) is 13. The molecule has 1 saturated heterocycles. The first-order valence-electron chi connectivity index (χ1n) is 13.9. The van der Waals surface area contributed by atoms with Gasteiger partial charge in [-0.1, -0.05) is 19.3 Å². The number of imidazole rings is 1. The van der Waals surface area contributed by atoms with Crippen LogP contribution in [0.2, 0.25) is 0 Å². The second kappa shape index (κ2) is 13.0. The minimum atomic E-state index is -1.19. The Hall–Kier alpha value is -4.46. The molecule has 0 amide bonds. The Balaban J connectivity index is 1.29. The first kappa shape index (κ1) is 29.0. The molecule has 0 spiro atoms. The molecule has 1 aromatic carbocycles. The van der Waals surface area contributed by atoms with Crippen LogP contribution in [0.25, 0.3) is 11.2 Å². The van der Waals surface area contributed by atoms with Gasteiger partial charge in [0.05, 0.1) is 12.9 Å². The number of esters is 3. The van der Waals surface area contributed by atoms with Crippen molar-refractivity contribution in [1.82, 2.24) is 19.9 Å². The summed E-state index contributed by atoms with van der Waals surface area (Å²) in [5.74, 6) is -0.419. The van der Waals surface area contributed by atoms with Crippen LogP contribution in [-0.2, 0) is 33.3 Å². The highest BCUT2D eigenvalue weighted by Gasteiger charge is 2.48. The largest absolute Gasteiger partial charge is 0.461 e. The molecule has 0 bridgehead atoms. The molecule has 3 heterocycles. The molecule has 1 saturated carbocycles. The zero-order valence-electron chi connectivity index (χ0n) is 23.6. The topological polar surface area (TPSA) is 176 Å². The van der Waals surface area contributed by atoms with Crippen LogP contribution in [0.4, 0.5) is 17.5 Å². The average Bonchev–Trinajstić information content (AvgIpc) is 3.42. The van der Waals surface area contributed by atoms with Crippen LogP contribution in [0, 0.1) is 0 Å². The Morgan fingerprint density at radius 3 is 2.29 bits per heavy atom. The van der Waals surface area contributed by atoms with Gasteiger partial charge in [-0.3, -0.25) is 14.4 Å². The Labute approximate surface area is 241 Å². The minimum Gasteiger partial charge on any atom is -0.461 e. The highest BCUT2D eigenvalue weighted by molar-refractivity contribution is 5.84. The van der Waals surface area contributed by atoms with E-state index >= 15 is 0 Å². The maximum Gasteiger partial charge on any atom is 0.303 e. The molecule has 0 unspecified atom stereocenters. The quantitative estimate of drug-likeness (QED) is 0.247. The van der Waals surface area contributed by atoms with E-state index in [-0.39, 0.29) is 6.61 Å². The van der Waals surface area contributed by atoms with Crippen LogP contribution in [0.3, 0.4) is 0 Å². The lowest BCUT2D eigenvalue weighted by molar-refractivity contribution is -0.259. The number of aromatic nitrogens is 4. The molecule has 4 atom stereocenters. The summed E-state index contributed by atoms with van der Waals surface area (Å²) in [6.07, 6.45) is 3.00. The van der Waals surface area contributed by atoms with Crippen molar-refractivity contribution in [2.24, 2.45) is 0 Å². The van der Waals surface area contributed by atoms with Crippen LogP contribution >= 0.6 is 0 Å². The summed E-state index contributed by atoms with van der Waals surface area (Å²) in [5, 5.41) is 6.75. The average molecular weight is 583 g/mol. The number of aromatic amines is 1. The summed E-state index contributed by atoms with van der Waals surface area (Å²) >= 11 is 0. The summed E-state index contributed by atoms with van der Waals surface area (Å²) in [6.45, 7) is 3.49. The van der Waals surface area contributed by atoms with Crippen LogP contribution in [0.5, 0.6) is 5.75 Å². The monoisotopic (exact) mass is 582 g/mol. The first-order chi connectivity index (χ1) is 20.2. The molecule has 0 radical (unpaired) electrons. The smallest absolute Gasteiger partial charge is 0.303 e. The zero-order chi connectivity index (χ0) is 29.6. The third-order valence-electron chi connectivity index (χ3n) is 6.90. The highest BCUT2D eigenvalue weighted by atomic mass is 16.7. The molecule has 224 valence electrons. The molecule has 1 aliphatic heterocycles. The van der Waals surface area contributed by atoms with Crippen molar-refractivity contribution in [3.8, 4) is 5.75 Å². The van der Waals surface area contributed by atoms with Gasteiger partial charge in [0.2, 0.25) is 18.3 Å². The van der Waals surface area contributed by atoms with E-state index in [1.807, 2.05) is 0 Å². The van der Waals surface area contributed by atoms with Gasteiger partial charge in [-0.25, -0.2) is 4.98 Å². The molecule has 2 aromatic heterocycles. The summed E-state index contributed by atoms with van der Waals surface area (Å²) in [5.41, 5.74) is 1.99. The van der Waals surface area contributed by atoms with Crippen molar-refractivity contribution in [2.45, 2.75) is 83.5 Å². The van der Waals surface area contributed by atoms with Gasteiger partial charge in [-0.15, -0.1) is 0 Å². The summed E-state index contributed by atoms with van der Waals surface area (Å²) < 4.78 is 27.7. The number of ether oxygens (including phenoxy) is 5. The lowest BCUT2D eigenvalue weighted by Gasteiger charge is -2.40. The Bertz CT molecular complexity index is 1410. The van der Waals surface area contributed by atoms with E-state index < -0.39 is 42.5 Å².